The molecule has 0 atom stereocenters. The maximum Gasteiger partial charge on any atom is 0.188 e. The van der Waals surface area contributed by atoms with Crippen molar-refractivity contribution in [2.24, 2.45) is 16.6 Å². The van der Waals surface area contributed by atoms with Crippen LogP contribution in [-0.4, -0.2) is 27.1 Å². The molecule has 0 aliphatic carbocycles. The average Bonchev–Trinajstić information content (AvgIpc) is 2.84. The van der Waals surface area contributed by atoms with Gasteiger partial charge < -0.3 is 11.1 Å². The molecule has 0 saturated heterocycles. The highest BCUT2D eigenvalue weighted by Crippen LogP contribution is 2.04. The van der Waals surface area contributed by atoms with Gasteiger partial charge in [-0.1, -0.05) is 13.8 Å². The fourth-order valence-corrected chi connectivity index (χ4v) is 1.72. The van der Waals surface area contributed by atoms with Crippen molar-refractivity contribution in [3.63, 3.8) is 0 Å². The van der Waals surface area contributed by atoms with Crippen LogP contribution in [0.5, 0.6) is 0 Å². The first-order valence-electron chi connectivity index (χ1n) is 6.48. The second-order valence-electron chi connectivity index (χ2n) is 4.85. The molecule has 0 spiro atoms. The molecule has 0 amide bonds. The second-order valence-corrected chi connectivity index (χ2v) is 4.85. The van der Waals surface area contributed by atoms with Crippen LogP contribution in [0, 0.1) is 5.92 Å². The monoisotopic (exact) mass is 388 g/mol. The Morgan fingerprint density at radius 3 is 2.95 bits per heavy atom. The van der Waals surface area contributed by atoms with Crippen LogP contribution in [-0.2, 0) is 6.54 Å². The summed E-state index contributed by atoms with van der Waals surface area (Å²) in [5, 5.41) is 7.31. The van der Waals surface area contributed by atoms with Gasteiger partial charge in [0.25, 0.3) is 0 Å². The molecule has 0 aromatic carbocycles. The Hall–Kier alpha value is -1.38. The van der Waals surface area contributed by atoms with E-state index in [1.165, 1.54) is 0 Å². The van der Waals surface area contributed by atoms with Gasteiger partial charge in [-0.3, -0.25) is 0 Å². The number of nitrogens with two attached hydrogens (primary N) is 1. The summed E-state index contributed by atoms with van der Waals surface area (Å²) in [4.78, 5) is 8.52. The summed E-state index contributed by atoms with van der Waals surface area (Å²) in [7, 11) is 0. The Bertz CT molecular complexity index is 563. The van der Waals surface area contributed by atoms with Gasteiger partial charge in [0.15, 0.2) is 11.6 Å². The number of hydrogen-bond donors (Lipinski definition) is 2. The minimum absolute atomic E-state index is 0. The van der Waals surface area contributed by atoms with E-state index in [0.717, 1.165) is 24.3 Å². The highest BCUT2D eigenvalue weighted by Gasteiger charge is 2.01. The van der Waals surface area contributed by atoms with Crippen LogP contribution in [0.3, 0.4) is 0 Å². The van der Waals surface area contributed by atoms with Crippen molar-refractivity contribution in [1.82, 2.24) is 19.9 Å². The van der Waals surface area contributed by atoms with E-state index in [2.05, 4.69) is 34.2 Å². The zero-order chi connectivity index (χ0) is 13.7. The number of guanidine groups is 1. The predicted molar refractivity (Wildman–Crippen MR) is 91.2 cm³/mol. The van der Waals surface area contributed by atoms with E-state index >= 15 is 0 Å². The van der Waals surface area contributed by atoms with Crippen LogP contribution in [0.1, 0.15) is 26.0 Å². The number of nitrogens with one attached hydrogen (secondary N) is 1. The lowest BCUT2D eigenvalue weighted by Crippen LogP contribution is -2.33. The predicted octanol–water partition coefficient (Wildman–Crippen LogP) is 1.80. The molecule has 0 bridgehead atoms. The summed E-state index contributed by atoms with van der Waals surface area (Å²) in [6.45, 7) is 5.70. The van der Waals surface area contributed by atoms with Gasteiger partial charge in [0.05, 0.1) is 18.4 Å². The summed E-state index contributed by atoms with van der Waals surface area (Å²) in [5.41, 5.74) is 7.60. The first-order valence-corrected chi connectivity index (χ1v) is 6.48. The minimum Gasteiger partial charge on any atom is -0.370 e. The number of aliphatic imine (C=N–C) groups is 1. The zero-order valence-corrected chi connectivity index (χ0v) is 14.1. The second kappa shape index (κ2) is 8.03. The standard InChI is InChI=1S/C13H20N6.HI/c1-10(2)3-6-16-13(14)17-9-11-4-7-15-12-5-8-18-19(11)12;/h4-5,7-8,10H,3,6,9H2,1-2H3,(H3,14,16,17);1H. The number of aromatic nitrogens is 3. The minimum atomic E-state index is 0. The third-order valence-corrected chi connectivity index (χ3v) is 2.81. The number of rotatable bonds is 5. The Kier molecular flexibility index (Phi) is 6.69. The van der Waals surface area contributed by atoms with Gasteiger partial charge in [0.2, 0.25) is 0 Å². The summed E-state index contributed by atoms with van der Waals surface area (Å²) in [6.07, 6.45) is 4.55. The van der Waals surface area contributed by atoms with Gasteiger partial charge in [-0.25, -0.2) is 14.5 Å². The third kappa shape index (κ3) is 4.62. The van der Waals surface area contributed by atoms with E-state index in [1.54, 1.807) is 16.9 Å². The Morgan fingerprint density at radius 2 is 2.20 bits per heavy atom. The summed E-state index contributed by atoms with van der Waals surface area (Å²) < 4.78 is 1.77. The van der Waals surface area contributed by atoms with Crippen molar-refractivity contribution in [3.8, 4) is 0 Å². The largest absolute Gasteiger partial charge is 0.370 e. The normalized spacial score (nSPS) is 11.7. The third-order valence-electron chi connectivity index (χ3n) is 2.81. The fraction of sp³-hybridized carbons (Fsp3) is 0.462. The van der Waals surface area contributed by atoms with Crippen molar-refractivity contribution in [2.75, 3.05) is 6.54 Å². The van der Waals surface area contributed by atoms with E-state index in [-0.39, 0.29) is 24.0 Å². The van der Waals surface area contributed by atoms with E-state index in [4.69, 9.17) is 5.73 Å². The number of nitrogens with zero attached hydrogens (tertiary/aromatic N) is 4. The molecule has 0 aliphatic heterocycles. The molecule has 0 radical (unpaired) electrons. The molecule has 20 heavy (non-hydrogen) atoms. The van der Waals surface area contributed by atoms with E-state index in [9.17, 15) is 0 Å². The van der Waals surface area contributed by atoms with Gasteiger partial charge >= 0.3 is 0 Å². The maximum atomic E-state index is 5.82. The smallest absolute Gasteiger partial charge is 0.188 e. The van der Waals surface area contributed by atoms with Crippen molar-refractivity contribution in [3.05, 3.63) is 30.2 Å². The van der Waals surface area contributed by atoms with Crippen LogP contribution >= 0.6 is 24.0 Å². The summed E-state index contributed by atoms with van der Waals surface area (Å²) >= 11 is 0. The van der Waals surface area contributed by atoms with E-state index in [1.807, 2.05) is 12.1 Å². The lowest BCUT2D eigenvalue weighted by atomic mass is 10.1. The van der Waals surface area contributed by atoms with Crippen LogP contribution in [0.4, 0.5) is 0 Å². The molecule has 7 heteroatoms. The molecule has 2 rings (SSSR count). The molecule has 0 unspecified atom stereocenters. The first kappa shape index (κ1) is 16.7. The van der Waals surface area contributed by atoms with E-state index in [0.29, 0.717) is 18.4 Å². The quantitative estimate of drug-likeness (QED) is 0.465. The molecule has 3 N–H and O–H groups in total. The van der Waals surface area contributed by atoms with Gasteiger partial charge in [-0.15, -0.1) is 24.0 Å². The number of halogens is 1. The highest BCUT2D eigenvalue weighted by molar-refractivity contribution is 14.0. The Labute approximate surface area is 135 Å². The lowest BCUT2D eigenvalue weighted by Gasteiger charge is -2.07. The van der Waals surface area contributed by atoms with Gasteiger partial charge in [-0.05, 0) is 18.4 Å². The molecule has 110 valence electrons. The van der Waals surface area contributed by atoms with Gasteiger partial charge in [0.1, 0.15) is 0 Å². The van der Waals surface area contributed by atoms with Gasteiger partial charge in [-0.2, -0.15) is 5.10 Å². The van der Waals surface area contributed by atoms with Crippen LogP contribution in [0.15, 0.2) is 29.5 Å². The maximum absolute atomic E-state index is 5.82. The first-order chi connectivity index (χ1) is 9.16. The van der Waals surface area contributed by atoms with Crippen LogP contribution in [0.25, 0.3) is 5.65 Å². The summed E-state index contributed by atoms with van der Waals surface area (Å²) in [5.74, 6) is 1.13. The zero-order valence-electron chi connectivity index (χ0n) is 11.8. The number of fused-ring (bicyclic) bond motifs is 1. The molecular weight excluding hydrogens is 367 g/mol. The highest BCUT2D eigenvalue weighted by atomic mass is 127. The molecule has 0 aliphatic rings. The van der Waals surface area contributed by atoms with E-state index < -0.39 is 0 Å². The van der Waals surface area contributed by atoms with Crippen molar-refractivity contribution in [2.45, 2.75) is 26.8 Å². The summed E-state index contributed by atoms with van der Waals surface area (Å²) in [6, 6.07) is 3.75. The topological polar surface area (TPSA) is 80.6 Å². The Balaban J connectivity index is 0.00000200. The Morgan fingerprint density at radius 1 is 1.40 bits per heavy atom. The SMILES string of the molecule is CC(C)CCNC(N)=NCc1ccnc2ccnn12.I. The average molecular weight is 388 g/mol. The van der Waals surface area contributed by atoms with Crippen molar-refractivity contribution in [1.29, 1.82) is 0 Å². The van der Waals surface area contributed by atoms with Gasteiger partial charge in [0, 0.05) is 18.8 Å². The fourth-order valence-electron chi connectivity index (χ4n) is 1.72. The van der Waals surface area contributed by atoms with Crippen LogP contribution < -0.4 is 11.1 Å². The molecule has 2 aromatic rings. The lowest BCUT2D eigenvalue weighted by molar-refractivity contribution is 0.576. The molecule has 2 heterocycles. The molecular formula is C13H21IN6. The van der Waals surface area contributed by atoms with Crippen LogP contribution in [0.2, 0.25) is 0 Å². The molecule has 6 nitrogen and oxygen atoms in total. The number of hydrogen-bond acceptors (Lipinski definition) is 3. The molecule has 0 saturated carbocycles. The van der Waals surface area contributed by atoms with Crippen molar-refractivity contribution < 1.29 is 0 Å². The van der Waals surface area contributed by atoms with Crippen molar-refractivity contribution >= 4 is 35.6 Å². The molecule has 0 fully saturated rings. The molecule has 2 aromatic heterocycles.